The topological polar surface area (TPSA) is 67.8 Å². The summed E-state index contributed by atoms with van der Waals surface area (Å²) in [5.74, 6) is -1.56. The molecular weight excluding hydrogens is 423 g/mol. The van der Waals surface area contributed by atoms with Crippen molar-refractivity contribution in [2.75, 3.05) is 25.6 Å². The zero-order valence-electron chi connectivity index (χ0n) is 16.5. The second-order valence-corrected chi connectivity index (χ2v) is 7.04. The molecule has 0 radical (unpaired) electrons. The fourth-order valence-corrected chi connectivity index (χ4v) is 3.19. The molecule has 2 aromatic rings. The number of carbonyl (C=O) groups is 1. The number of hydrogen-bond acceptors (Lipinski definition) is 4. The lowest BCUT2D eigenvalue weighted by Crippen LogP contribution is -2.24. The molecule has 9 heteroatoms. The average molecular weight is 446 g/mol. The van der Waals surface area contributed by atoms with Gasteiger partial charge in [-0.1, -0.05) is 23.7 Å². The van der Waals surface area contributed by atoms with E-state index in [9.17, 15) is 18.0 Å². The van der Waals surface area contributed by atoms with Gasteiger partial charge in [0.05, 0.1) is 13.0 Å². The van der Waals surface area contributed by atoms with Crippen molar-refractivity contribution in [2.45, 2.75) is 31.5 Å². The lowest BCUT2D eigenvalue weighted by Gasteiger charge is -2.25. The Balaban J connectivity index is 2.54. The van der Waals surface area contributed by atoms with E-state index in [1.54, 1.807) is 24.3 Å². The number of carboxylic acid groups (broad SMARTS) is 1. The maximum Gasteiger partial charge on any atom is 0.418 e. The Hall–Kier alpha value is -2.29. The lowest BCUT2D eigenvalue weighted by molar-refractivity contribution is -0.222. The number of alkyl halides is 3. The van der Waals surface area contributed by atoms with Crippen LogP contribution in [0.15, 0.2) is 42.5 Å². The van der Waals surface area contributed by atoms with Gasteiger partial charge in [0.1, 0.15) is 0 Å². The van der Waals surface area contributed by atoms with Gasteiger partial charge in [-0.15, -0.1) is 0 Å². The maximum atomic E-state index is 13.6. The van der Waals surface area contributed by atoms with Crippen molar-refractivity contribution in [1.29, 1.82) is 0 Å². The van der Waals surface area contributed by atoms with Gasteiger partial charge in [-0.3, -0.25) is 4.79 Å². The molecule has 0 fully saturated rings. The van der Waals surface area contributed by atoms with E-state index in [4.69, 9.17) is 26.2 Å². The quantitative estimate of drug-likeness (QED) is 0.474. The molecular formula is C21H23ClF3NO4. The van der Waals surface area contributed by atoms with Crippen LogP contribution in [0, 0.1) is 0 Å². The summed E-state index contributed by atoms with van der Waals surface area (Å²) in [6.45, 7) is 1.47. The number of aliphatic carboxylic acids is 1. The summed E-state index contributed by atoms with van der Waals surface area (Å²) >= 11 is 5.88. The number of benzene rings is 2. The molecule has 2 aromatic carbocycles. The normalized spacial score (nSPS) is 13.7. The van der Waals surface area contributed by atoms with Crippen LogP contribution in [-0.4, -0.2) is 37.6 Å². The highest BCUT2D eigenvalue weighted by Crippen LogP contribution is 2.41. The summed E-state index contributed by atoms with van der Waals surface area (Å²) in [4.78, 5) is 11.2. The molecule has 0 heterocycles. The highest BCUT2D eigenvalue weighted by atomic mass is 35.5. The Labute approximate surface area is 177 Å². The van der Waals surface area contributed by atoms with E-state index in [1.165, 1.54) is 32.2 Å². The van der Waals surface area contributed by atoms with Gasteiger partial charge in [0.2, 0.25) is 0 Å². The molecule has 0 aliphatic heterocycles. The Morgan fingerprint density at radius 3 is 2.40 bits per heavy atom. The molecule has 2 rings (SSSR count). The monoisotopic (exact) mass is 445 g/mol. The maximum absolute atomic E-state index is 13.6. The Bertz CT molecular complexity index is 843. The molecule has 0 aliphatic rings. The van der Waals surface area contributed by atoms with Crippen LogP contribution in [0.1, 0.15) is 36.5 Å². The van der Waals surface area contributed by atoms with Crippen molar-refractivity contribution in [3.05, 3.63) is 58.6 Å². The van der Waals surface area contributed by atoms with E-state index in [0.29, 0.717) is 16.3 Å². The number of nitrogens with one attached hydrogen (secondary N) is 1. The minimum absolute atomic E-state index is 0.102. The van der Waals surface area contributed by atoms with E-state index in [1.807, 2.05) is 0 Å². The first kappa shape index (κ1) is 24.0. The van der Waals surface area contributed by atoms with Crippen LogP contribution in [0.25, 0.3) is 0 Å². The number of ether oxygens (including phenoxy) is 2. The molecule has 0 amide bonds. The van der Waals surface area contributed by atoms with Crippen molar-refractivity contribution in [2.24, 2.45) is 0 Å². The molecule has 2 N–H and O–H groups in total. The van der Waals surface area contributed by atoms with Gasteiger partial charge >= 0.3 is 12.1 Å². The standard InChI is InChI=1S/C21H23ClF3NO4/c1-3-30-20(21(23,24)25)17-9-4-13(14(12-29-2)11-19(27)28)10-18(17)26-16-7-5-15(22)6-8-16/h4-10,14,20,26H,3,11-12H2,1-2H3,(H,27,28). The van der Waals surface area contributed by atoms with E-state index in [0.717, 1.165) is 0 Å². The van der Waals surface area contributed by atoms with Crippen molar-refractivity contribution < 1.29 is 32.5 Å². The van der Waals surface area contributed by atoms with Gasteiger partial charge in [-0.05, 0) is 42.8 Å². The van der Waals surface area contributed by atoms with Crippen LogP contribution < -0.4 is 5.32 Å². The first-order chi connectivity index (χ1) is 14.2. The third kappa shape index (κ3) is 6.62. The Kier molecular flexibility index (Phi) is 8.52. The van der Waals surface area contributed by atoms with Crippen molar-refractivity contribution in [1.82, 2.24) is 0 Å². The van der Waals surface area contributed by atoms with Gasteiger partial charge in [0.15, 0.2) is 6.10 Å². The van der Waals surface area contributed by atoms with Crippen molar-refractivity contribution in [3.8, 4) is 0 Å². The number of halogens is 4. The smallest absolute Gasteiger partial charge is 0.418 e. The molecule has 5 nitrogen and oxygen atoms in total. The highest BCUT2D eigenvalue weighted by Gasteiger charge is 2.43. The third-order valence-electron chi connectivity index (χ3n) is 4.37. The lowest BCUT2D eigenvalue weighted by atomic mass is 9.93. The molecule has 0 saturated carbocycles. The van der Waals surface area contributed by atoms with Gasteiger partial charge in [0.25, 0.3) is 0 Å². The number of rotatable bonds is 10. The molecule has 0 spiro atoms. The zero-order valence-corrected chi connectivity index (χ0v) is 17.3. The summed E-state index contributed by atoms with van der Waals surface area (Å²) in [6.07, 6.45) is -6.98. The Morgan fingerprint density at radius 1 is 1.20 bits per heavy atom. The van der Waals surface area contributed by atoms with Gasteiger partial charge in [-0.25, -0.2) is 0 Å². The molecule has 30 heavy (non-hydrogen) atoms. The van der Waals surface area contributed by atoms with E-state index < -0.39 is 24.2 Å². The molecule has 2 atom stereocenters. The molecule has 0 bridgehead atoms. The summed E-state index contributed by atoms with van der Waals surface area (Å²) in [5.41, 5.74) is 1.13. The third-order valence-corrected chi connectivity index (χ3v) is 4.63. The summed E-state index contributed by atoms with van der Waals surface area (Å²) in [7, 11) is 1.44. The van der Waals surface area contributed by atoms with Crippen LogP contribution in [0.4, 0.5) is 24.5 Å². The molecule has 0 aromatic heterocycles. The summed E-state index contributed by atoms with van der Waals surface area (Å²) in [5, 5.41) is 12.6. The fourth-order valence-electron chi connectivity index (χ4n) is 3.07. The first-order valence-electron chi connectivity index (χ1n) is 9.21. The molecule has 0 saturated heterocycles. The van der Waals surface area contributed by atoms with Crippen LogP contribution in [0.5, 0.6) is 0 Å². The largest absolute Gasteiger partial charge is 0.481 e. The van der Waals surface area contributed by atoms with Crippen LogP contribution in [0.2, 0.25) is 5.02 Å². The van der Waals surface area contributed by atoms with Gasteiger partial charge in [0, 0.05) is 41.6 Å². The van der Waals surface area contributed by atoms with Crippen molar-refractivity contribution >= 4 is 28.9 Å². The van der Waals surface area contributed by atoms with Gasteiger partial charge in [-0.2, -0.15) is 13.2 Å². The number of carboxylic acids is 1. The Morgan fingerprint density at radius 2 is 1.87 bits per heavy atom. The summed E-state index contributed by atoms with van der Waals surface area (Å²) < 4.78 is 51.0. The van der Waals surface area contributed by atoms with Crippen molar-refractivity contribution in [3.63, 3.8) is 0 Å². The predicted molar refractivity (Wildman–Crippen MR) is 108 cm³/mol. The molecule has 2 unspecified atom stereocenters. The van der Waals surface area contributed by atoms with Gasteiger partial charge < -0.3 is 19.9 Å². The molecule has 164 valence electrons. The van der Waals surface area contributed by atoms with Crippen LogP contribution in [0.3, 0.4) is 0 Å². The minimum Gasteiger partial charge on any atom is -0.481 e. The second kappa shape index (κ2) is 10.7. The average Bonchev–Trinajstić information content (AvgIpc) is 2.67. The van der Waals surface area contributed by atoms with E-state index in [-0.39, 0.29) is 30.9 Å². The van der Waals surface area contributed by atoms with E-state index >= 15 is 0 Å². The summed E-state index contributed by atoms with van der Waals surface area (Å²) in [6, 6.07) is 10.8. The minimum atomic E-state index is -4.62. The highest BCUT2D eigenvalue weighted by molar-refractivity contribution is 6.30. The fraction of sp³-hybridized carbons (Fsp3) is 0.381. The SMILES string of the molecule is CCOC(c1ccc(C(COC)CC(=O)O)cc1Nc1ccc(Cl)cc1)C(F)(F)F. The zero-order chi connectivity index (χ0) is 22.3. The second-order valence-electron chi connectivity index (χ2n) is 6.61. The van der Waals surface area contributed by atoms with Crippen LogP contribution >= 0.6 is 11.6 Å². The molecule has 0 aliphatic carbocycles. The van der Waals surface area contributed by atoms with E-state index in [2.05, 4.69) is 5.32 Å². The predicted octanol–water partition coefficient (Wildman–Crippen LogP) is 5.93. The first-order valence-corrected chi connectivity index (χ1v) is 9.59. The van der Waals surface area contributed by atoms with Crippen LogP contribution in [-0.2, 0) is 14.3 Å². The number of methoxy groups -OCH3 is 1. The number of hydrogen-bond donors (Lipinski definition) is 2. The number of anilines is 2.